The van der Waals surface area contributed by atoms with Gasteiger partial charge in [0.2, 0.25) is 5.91 Å². The number of hydrogen-bond acceptors (Lipinski definition) is 6. The molecule has 23 heavy (non-hydrogen) atoms. The van der Waals surface area contributed by atoms with Gasteiger partial charge in [-0.25, -0.2) is 0 Å². The van der Waals surface area contributed by atoms with Crippen molar-refractivity contribution in [1.82, 2.24) is 13.6 Å². The van der Waals surface area contributed by atoms with Crippen LogP contribution in [0, 0.1) is 0 Å². The Labute approximate surface area is 138 Å². The molecule has 120 valence electrons. The summed E-state index contributed by atoms with van der Waals surface area (Å²) < 4.78 is 8.23. The Hall–Kier alpha value is -2.48. The normalized spacial score (nSPS) is 14.7. The second-order valence-electron chi connectivity index (χ2n) is 5.30. The van der Waals surface area contributed by atoms with E-state index in [1.807, 2.05) is 4.90 Å². The quantitative estimate of drug-likeness (QED) is 0.921. The van der Waals surface area contributed by atoms with Crippen LogP contribution in [0.1, 0.15) is 17.3 Å². The molecule has 1 aromatic carbocycles. The second-order valence-corrected chi connectivity index (χ2v) is 5.86. The number of piperazine rings is 1. The summed E-state index contributed by atoms with van der Waals surface area (Å²) in [4.78, 5) is 27.5. The Bertz CT molecular complexity index is 678. The Kier molecular flexibility index (Phi) is 4.52. The minimum atomic E-state index is -0.128. The largest absolute Gasteiger partial charge is 0.351 e. The van der Waals surface area contributed by atoms with Crippen LogP contribution in [0.25, 0.3) is 0 Å². The predicted molar refractivity (Wildman–Crippen MR) is 88.8 cm³/mol. The van der Waals surface area contributed by atoms with Gasteiger partial charge in [0.15, 0.2) is 5.82 Å². The fourth-order valence-corrected chi connectivity index (χ4v) is 2.95. The lowest BCUT2D eigenvalue weighted by atomic mass is 10.1. The first-order valence-electron chi connectivity index (χ1n) is 7.33. The van der Waals surface area contributed by atoms with Crippen molar-refractivity contribution in [2.24, 2.45) is 0 Å². The maximum absolute atomic E-state index is 12.5. The molecule has 8 heteroatoms. The third kappa shape index (κ3) is 3.65. The maximum Gasteiger partial charge on any atom is 0.253 e. The molecule has 1 aromatic heterocycles. The van der Waals surface area contributed by atoms with E-state index in [0.29, 0.717) is 24.3 Å². The summed E-state index contributed by atoms with van der Waals surface area (Å²) in [6.07, 6.45) is 1.75. The molecule has 0 atom stereocenters. The summed E-state index contributed by atoms with van der Waals surface area (Å²) in [6, 6.07) is 6.96. The summed E-state index contributed by atoms with van der Waals surface area (Å²) >= 11 is 1.19. The molecule has 2 aromatic rings. The van der Waals surface area contributed by atoms with E-state index < -0.39 is 0 Å². The molecule has 1 N–H and O–H groups in total. The Balaban J connectivity index is 1.59. The fraction of sp³-hybridized carbons (Fsp3) is 0.333. The highest BCUT2D eigenvalue weighted by atomic mass is 32.1. The Morgan fingerprint density at radius 3 is 2.39 bits per heavy atom. The predicted octanol–water partition coefficient (Wildman–Crippen LogP) is 1.46. The molecule has 0 bridgehead atoms. The Morgan fingerprint density at radius 1 is 1.13 bits per heavy atom. The van der Waals surface area contributed by atoms with Gasteiger partial charge in [0.25, 0.3) is 5.91 Å². The van der Waals surface area contributed by atoms with Gasteiger partial charge in [-0.2, -0.15) is 8.75 Å². The molecule has 2 heterocycles. The average Bonchev–Trinajstić information content (AvgIpc) is 3.09. The van der Waals surface area contributed by atoms with E-state index >= 15 is 0 Å². The zero-order valence-corrected chi connectivity index (χ0v) is 13.5. The van der Waals surface area contributed by atoms with E-state index in [9.17, 15) is 9.59 Å². The van der Waals surface area contributed by atoms with Crippen LogP contribution in [-0.4, -0.2) is 51.6 Å². The van der Waals surface area contributed by atoms with Crippen molar-refractivity contribution >= 4 is 35.0 Å². The van der Waals surface area contributed by atoms with E-state index in [-0.39, 0.29) is 11.8 Å². The van der Waals surface area contributed by atoms with Crippen LogP contribution in [0.5, 0.6) is 0 Å². The SMILES string of the molecule is CC(=O)Nc1ccc(C(=O)N2CCN(c3cnsn3)CC2)cc1. The highest BCUT2D eigenvalue weighted by Crippen LogP contribution is 2.16. The van der Waals surface area contributed by atoms with Gasteiger partial charge in [0.05, 0.1) is 17.9 Å². The van der Waals surface area contributed by atoms with Crippen LogP contribution in [0.3, 0.4) is 0 Å². The van der Waals surface area contributed by atoms with Crippen molar-refractivity contribution in [2.45, 2.75) is 6.92 Å². The molecule has 1 aliphatic rings. The van der Waals surface area contributed by atoms with Crippen molar-refractivity contribution in [1.29, 1.82) is 0 Å². The van der Waals surface area contributed by atoms with E-state index in [1.165, 1.54) is 18.7 Å². The molecular weight excluding hydrogens is 314 g/mol. The van der Waals surface area contributed by atoms with Gasteiger partial charge in [-0.3, -0.25) is 9.59 Å². The third-order valence-electron chi connectivity index (χ3n) is 3.69. The first-order valence-corrected chi connectivity index (χ1v) is 8.06. The van der Waals surface area contributed by atoms with Crippen LogP contribution < -0.4 is 10.2 Å². The standard InChI is InChI=1S/C15H17N5O2S/c1-11(21)17-13-4-2-12(3-5-13)15(22)20-8-6-19(7-9-20)14-10-16-23-18-14/h2-5,10H,6-9H2,1H3,(H,17,21). The van der Waals surface area contributed by atoms with Gasteiger partial charge in [-0.15, -0.1) is 0 Å². The number of amides is 2. The van der Waals surface area contributed by atoms with Gasteiger partial charge >= 0.3 is 0 Å². The number of hydrogen-bond donors (Lipinski definition) is 1. The van der Waals surface area contributed by atoms with E-state index in [4.69, 9.17) is 0 Å². The number of rotatable bonds is 3. The lowest BCUT2D eigenvalue weighted by Crippen LogP contribution is -2.48. The molecule has 7 nitrogen and oxygen atoms in total. The van der Waals surface area contributed by atoms with Crippen LogP contribution >= 0.6 is 11.7 Å². The van der Waals surface area contributed by atoms with Crippen molar-refractivity contribution < 1.29 is 9.59 Å². The molecule has 0 radical (unpaired) electrons. The van der Waals surface area contributed by atoms with Crippen LogP contribution in [-0.2, 0) is 4.79 Å². The van der Waals surface area contributed by atoms with Crippen molar-refractivity contribution in [2.75, 3.05) is 36.4 Å². The van der Waals surface area contributed by atoms with Crippen LogP contribution in [0.4, 0.5) is 11.5 Å². The van der Waals surface area contributed by atoms with Gasteiger partial charge in [0, 0.05) is 44.4 Å². The molecule has 0 unspecified atom stereocenters. The smallest absolute Gasteiger partial charge is 0.253 e. The minimum Gasteiger partial charge on any atom is -0.351 e. The molecular formula is C15H17N5O2S. The van der Waals surface area contributed by atoms with E-state index in [2.05, 4.69) is 19.0 Å². The minimum absolute atomic E-state index is 0.00966. The lowest BCUT2D eigenvalue weighted by Gasteiger charge is -2.34. The molecule has 2 amide bonds. The first-order chi connectivity index (χ1) is 11.1. The zero-order valence-electron chi connectivity index (χ0n) is 12.7. The van der Waals surface area contributed by atoms with Crippen molar-refractivity contribution in [3.8, 4) is 0 Å². The maximum atomic E-state index is 12.5. The number of carbonyl (C=O) groups is 2. The molecule has 1 aliphatic heterocycles. The second kappa shape index (κ2) is 6.74. The summed E-state index contributed by atoms with van der Waals surface area (Å²) in [5, 5.41) is 2.69. The highest BCUT2D eigenvalue weighted by Gasteiger charge is 2.23. The molecule has 1 saturated heterocycles. The number of aromatic nitrogens is 2. The summed E-state index contributed by atoms with van der Waals surface area (Å²) in [5.41, 5.74) is 1.32. The van der Waals surface area contributed by atoms with Crippen molar-refractivity contribution in [3.05, 3.63) is 36.0 Å². The molecule has 0 aliphatic carbocycles. The topological polar surface area (TPSA) is 78.4 Å². The number of nitrogens with zero attached hydrogens (tertiary/aromatic N) is 4. The highest BCUT2D eigenvalue weighted by molar-refractivity contribution is 6.99. The summed E-state index contributed by atoms with van der Waals surface area (Å²) in [7, 11) is 0. The van der Waals surface area contributed by atoms with Crippen LogP contribution in [0.15, 0.2) is 30.5 Å². The molecule has 3 rings (SSSR count). The average molecular weight is 331 g/mol. The number of anilines is 2. The molecule has 1 fully saturated rings. The monoisotopic (exact) mass is 331 g/mol. The lowest BCUT2D eigenvalue weighted by molar-refractivity contribution is -0.114. The van der Waals surface area contributed by atoms with Crippen LogP contribution in [0.2, 0.25) is 0 Å². The number of benzene rings is 1. The molecule has 0 spiro atoms. The number of nitrogens with one attached hydrogen (secondary N) is 1. The summed E-state index contributed by atoms with van der Waals surface area (Å²) in [6.45, 7) is 4.27. The van der Waals surface area contributed by atoms with Gasteiger partial charge in [-0.1, -0.05) is 0 Å². The van der Waals surface area contributed by atoms with E-state index in [0.717, 1.165) is 18.9 Å². The van der Waals surface area contributed by atoms with Gasteiger partial charge < -0.3 is 15.1 Å². The Morgan fingerprint density at radius 2 is 1.83 bits per heavy atom. The fourth-order valence-electron chi connectivity index (χ4n) is 2.52. The summed E-state index contributed by atoms with van der Waals surface area (Å²) in [5.74, 6) is 0.758. The molecule has 0 saturated carbocycles. The zero-order chi connectivity index (χ0) is 16.2. The van der Waals surface area contributed by atoms with Gasteiger partial charge in [-0.05, 0) is 24.3 Å². The van der Waals surface area contributed by atoms with E-state index in [1.54, 1.807) is 30.5 Å². The number of carbonyl (C=O) groups excluding carboxylic acids is 2. The third-order valence-corrected chi connectivity index (χ3v) is 4.16. The first kappa shape index (κ1) is 15.4. The van der Waals surface area contributed by atoms with Crippen molar-refractivity contribution in [3.63, 3.8) is 0 Å². The van der Waals surface area contributed by atoms with Gasteiger partial charge in [0.1, 0.15) is 0 Å².